The highest BCUT2D eigenvalue weighted by atomic mass is 16.5. The van der Waals surface area contributed by atoms with E-state index in [0.29, 0.717) is 5.56 Å². The van der Waals surface area contributed by atoms with Crippen LogP contribution in [-0.2, 0) is 4.74 Å². The van der Waals surface area contributed by atoms with Crippen molar-refractivity contribution in [2.24, 2.45) is 0 Å². The summed E-state index contributed by atoms with van der Waals surface area (Å²) in [5, 5.41) is 15.0. The molecule has 2 aromatic carbocycles. The number of ether oxygens (including phenoxy) is 1. The fraction of sp³-hybridized carbons (Fsp3) is 0.263. The van der Waals surface area contributed by atoms with Gasteiger partial charge < -0.3 is 10.5 Å². The van der Waals surface area contributed by atoms with Gasteiger partial charge >= 0.3 is 0 Å². The van der Waals surface area contributed by atoms with Crippen molar-refractivity contribution in [2.75, 3.05) is 12.3 Å². The normalized spacial score (nSPS) is 17.7. The number of benzene rings is 2. The van der Waals surface area contributed by atoms with Crippen LogP contribution in [0.5, 0.6) is 0 Å². The zero-order valence-electron chi connectivity index (χ0n) is 13.3. The quantitative estimate of drug-likeness (QED) is 0.728. The predicted molar refractivity (Wildman–Crippen MR) is 93.1 cm³/mol. The van der Waals surface area contributed by atoms with Gasteiger partial charge in [-0.25, -0.2) is 4.68 Å². The molecular formula is C19H18N4O. The summed E-state index contributed by atoms with van der Waals surface area (Å²) in [6, 6.07) is 15.5. The van der Waals surface area contributed by atoms with Gasteiger partial charge in [0, 0.05) is 23.2 Å². The van der Waals surface area contributed by atoms with Crippen LogP contribution in [0.15, 0.2) is 42.5 Å². The van der Waals surface area contributed by atoms with Crippen molar-refractivity contribution in [1.82, 2.24) is 9.78 Å². The Hall–Kier alpha value is -2.84. The lowest BCUT2D eigenvalue weighted by Gasteiger charge is -2.23. The van der Waals surface area contributed by atoms with Crippen LogP contribution in [0.25, 0.3) is 22.2 Å². The Morgan fingerprint density at radius 2 is 2.00 bits per heavy atom. The summed E-state index contributed by atoms with van der Waals surface area (Å²) in [5.41, 5.74) is 9.98. The van der Waals surface area contributed by atoms with Crippen molar-refractivity contribution >= 4 is 16.6 Å². The molecule has 2 N–H and O–H groups in total. The lowest BCUT2D eigenvalue weighted by molar-refractivity contribution is -0.0365. The fourth-order valence-corrected chi connectivity index (χ4v) is 3.20. The molecule has 5 nitrogen and oxygen atoms in total. The zero-order valence-corrected chi connectivity index (χ0v) is 13.3. The van der Waals surface area contributed by atoms with Gasteiger partial charge in [0.2, 0.25) is 0 Å². The Kier molecular flexibility index (Phi) is 3.68. The Bertz CT molecular complexity index is 915. The number of nitrogens with zero attached hydrogens (tertiary/aromatic N) is 3. The van der Waals surface area contributed by atoms with Crippen LogP contribution < -0.4 is 5.73 Å². The molecule has 1 unspecified atom stereocenters. The number of anilines is 1. The van der Waals surface area contributed by atoms with Crippen LogP contribution in [0.4, 0.5) is 5.69 Å². The minimum atomic E-state index is -0.0447. The molecule has 5 heteroatoms. The molecule has 24 heavy (non-hydrogen) atoms. The van der Waals surface area contributed by atoms with Crippen molar-refractivity contribution < 1.29 is 4.74 Å². The largest absolute Gasteiger partial charge is 0.399 e. The summed E-state index contributed by atoms with van der Waals surface area (Å²) in [4.78, 5) is 0. The number of aromatic nitrogens is 2. The van der Waals surface area contributed by atoms with E-state index >= 15 is 0 Å². The highest BCUT2D eigenvalue weighted by Gasteiger charge is 2.21. The lowest BCUT2D eigenvalue weighted by Crippen LogP contribution is -2.19. The van der Waals surface area contributed by atoms with Crippen molar-refractivity contribution in [3.63, 3.8) is 0 Å². The van der Waals surface area contributed by atoms with Crippen molar-refractivity contribution in [3.05, 3.63) is 48.0 Å². The van der Waals surface area contributed by atoms with Gasteiger partial charge in [-0.2, -0.15) is 10.4 Å². The summed E-state index contributed by atoms with van der Waals surface area (Å²) in [7, 11) is 0. The molecule has 0 aliphatic carbocycles. The maximum atomic E-state index is 9.23. The van der Waals surface area contributed by atoms with Gasteiger partial charge in [-0.1, -0.05) is 12.1 Å². The topological polar surface area (TPSA) is 76.9 Å². The maximum Gasteiger partial charge on any atom is 0.150 e. The smallest absolute Gasteiger partial charge is 0.150 e. The van der Waals surface area contributed by atoms with E-state index < -0.39 is 0 Å². The summed E-state index contributed by atoms with van der Waals surface area (Å²) < 4.78 is 7.87. The Morgan fingerprint density at radius 3 is 2.71 bits per heavy atom. The summed E-state index contributed by atoms with van der Waals surface area (Å²) >= 11 is 0. The van der Waals surface area contributed by atoms with Crippen LogP contribution >= 0.6 is 0 Å². The van der Waals surface area contributed by atoms with Gasteiger partial charge in [-0.3, -0.25) is 0 Å². The highest BCUT2D eigenvalue weighted by molar-refractivity contribution is 5.94. The van der Waals surface area contributed by atoms with Gasteiger partial charge in [0.05, 0.1) is 17.1 Å². The summed E-state index contributed by atoms with van der Waals surface area (Å²) in [6.07, 6.45) is 3.15. The second-order valence-electron chi connectivity index (χ2n) is 6.08. The Morgan fingerprint density at radius 1 is 1.17 bits per heavy atom. The molecule has 4 rings (SSSR count). The number of nitrogens with two attached hydrogens (primary N) is 1. The van der Waals surface area contributed by atoms with Crippen LogP contribution in [0.1, 0.15) is 31.1 Å². The monoisotopic (exact) mass is 318 g/mol. The molecule has 1 fully saturated rings. The number of rotatable bonds is 2. The minimum absolute atomic E-state index is 0.0447. The molecule has 1 aliphatic rings. The molecule has 3 aromatic rings. The van der Waals surface area contributed by atoms with Gasteiger partial charge in [0.15, 0.2) is 6.23 Å². The molecule has 120 valence electrons. The molecule has 0 spiro atoms. The van der Waals surface area contributed by atoms with Crippen LogP contribution in [-0.4, -0.2) is 16.4 Å². The first-order chi connectivity index (χ1) is 11.8. The first-order valence-electron chi connectivity index (χ1n) is 8.16. The second kappa shape index (κ2) is 5.99. The molecule has 1 saturated heterocycles. The van der Waals surface area contributed by atoms with Crippen LogP contribution in [0.3, 0.4) is 0 Å². The third-order valence-electron chi connectivity index (χ3n) is 4.45. The summed E-state index contributed by atoms with van der Waals surface area (Å²) in [5.74, 6) is 0. The number of nitrogen functional groups attached to an aromatic ring is 1. The van der Waals surface area contributed by atoms with E-state index in [4.69, 9.17) is 15.6 Å². The molecule has 0 bridgehead atoms. The number of fused-ring (bicyclic) bond motifs is 1. The van der Waals surface area contributed by atoms with Crippen molar-refractivity contribution in [3.8, 4) is 17.3 Å². The van der Waals surface area contributed by atoms with Crippen molar-refractivity contribution in [1.29, 1.82) is 5.26 Å². The molecular weight excluding hydrogens is 300 g/mol. The average Bonchev–Trinajstić information content (AvgIpc) is 3.02. The van der Waals surface area contributed by atoms with E-state index in [1.54, 1.807) is 0 Å². The van der Waals surface area contributed by atoms with Crippen LogP contribution in [0.2, 0.25) is 0 Å². The fourth-order valence-electron chi connectivity index (χ4n) is 3.20. The van der Waals surface area contributed by atoms with Gasteiger partial charge in [0.1, 0.15) is 5.69 Å². The number of hydrogen-bond donors (Lipinski definition) is 1. The average molecular weight is 318 g/mol. The van der Waals surface area contributed by atoms with E-state index in [2.05, 4.69) is 6.07 Å². The third kappa shape index (κ3) is 2.51. The van der Waals surface area contributed by atoms with E-state index in [1.165, 1.54) is 0 Å². The van der Waals surface area contributed by atoms with E-state index in [0.717, 1.165) is 53.7 Å². The molecule has 1 aromatic heterocycles. The molecule has 2 heterocycles. The Labute approximate surface area is 140 Å². The molecule has 1 atom stereocenters. The number of hydrogen-bond acceptors (Lipinski definition) is 4. The third-order valence-corrected chi connectivity index (χ3v) is 4.45. The first kappa shape index (κ1) is 14.7. The maximum absolute atomic E-state index is 9.23. The Balaban J connectivity index is 1.91. The van der Waals surface area contributed by atoms with E-state index in [1.807, 2.05) is 47.1 Å². The van der Waals surface area contributed by atoms with Gasteiger partial charge in [-0.05, 0) is 49.6 Å². The highest BCUT2D eigenvalue weighted by Crippen LogP contribution is 2.33. The van der Waals surface area contributed by atoms with Gasteiger partial charge in [0.25, 0.3) is 0 Å². The molecule has 0 amide bonds. The first-order valence-corrected chi connectivity index (χ1v) is 8.16. The molecule has 1 aliphatic heterocycles. The lowest BCUT2D eigenvalue weighted by atomic mass is 10.1. The van der Waals surface area contributed by atoms with E-state index in [-0.39, 0.29) is 6.23 Å². The molecule has 0 radical (unpaired) electrons. The van der Waals surface area contributed by atoms with E-state index in [9.17, 15) is 5.26 Å². The summed E-state index contributed by atoms with van der Waals surface area (Å²) in [6.45, 7) is 0.763. The second-order valence-corrected chi connectivity index (χ2v) is 6.08. The van der Waals surface area contributed by atoms with Gasteiger partial charge in [-0.15, -0.1) is 0 Å². The van der Waals surface area contributed by atoms with Crippen molar-refractivity contribution in [2.45, 2.75) is 25.5 Å². The number of nitriles is 1. The SMILES string of the molecule is N#Cc1ccc2c(c1)c(-c1ccc(N)cc1)nn2C1CCCCO1. The molecule has 0 saturated carbocycles. The van der Waals surface area contributed by atoms with Crippen LogP contribution in [0, 0.1) is 11.3 Å². The zero-order chi connectivity index (χ0) is 16.5. The minimum Gasteiger partial charge on any atom is -0.399 e. The predicted octanol–water partition coefficient (Wildman–Crippen LogP) is 3.86. The standard InChI is InChI=1S/C19H18N4O/c20-12-13-4-9-17-16(11-13)19(14-5-7-15(21)8-6-14)22-23(17)18-3-1-2-10-24-18/h4-9,11,18H,1-3,10,21H2.